The molecule has 2 nitrogen and oxygen atoms in total. The van der Waals surface area contributed by atoms with Gasteiger partial charge >= 0.3 is 0 Å². The molecule has 100 valence electrons. The first-order valence-corrected chi connectivity index (χ1v) is 6.79. The van der Waals surface area contributed by atoms with Gasteiger partial charge in [-0.2, -0.15) is 0 Å². The second-order valence-corrected chi connectivity index (χ2v) is 4.96. The van der Waals surface area contributed by atoms with Crippen LogP contribution >= 0.6 is 23.2 Å². The Labute approximate surface area is 123 Å². The molecule has 19 heavy (non-hydrogen) atoms. The normalized spacial score (nSPS) is 12.4. The fraction of sp³-hybridized carbons (Fsp3) is 0.200. The highest BCUT2D eigenvalue weighted by molar-refractivity contribution is 6.35. The minimum absolute atomic E-state index is 0.227. The Balaban J connectivity index is 2.37. The van der Waals surface area contributed by atoms with Crippen molar-refractivity contribution in [3.8, 4) is 0 Å². The summed E-state index contributed by atoms with van der Waals surface area (Å²) >= 11 is 12.2. The van der Waals surface area contributed by atoms with Crippen molar-refractivity contribution in [3.05, 3.63) is 69.7 Å². The van der Waals surface area contributed by atoms with Crippen molar-refractivity contribution < 1.29 is 4.74 Å². The fourth-order valence-electron chi connectivity index (χ4n) is 1.89. The summed E-state index contributed by atoms with van der Waals surface area (Å²) in [5.74, 6) is 0. The van der Waals surface area contributed by atoms with Gasteiger partial charge in [-0.25, -0.2) is 0 Å². The topological polar surface area (TPSA) is 35.2 Å². The molecule has 0 aromatic heterocycles. The Kier molecular flexibility index (Phi) is 5.23. The van der Waals surface area contributed by atoms with Crippen molar-refractivity contribution in [2.45, 2.75) is 6.10 Å². The molecule has 4 heteroatoms. The first-order chi connectivity index (χ1) is 9.22. The van der Waals surface area contributed by atoms with E-state index in [4.69, 9.17) is 33.7 Å². The lowest BCUT2D eigenvalue weighted by molar-refractivity contribution is 0.0865. The quantitative estimate of drug-likeness (QED) is 0.903. The zero-order valence-electron chi connectivity index (χ0n) is 10.4. The second kappa shape index (κ2) is 6.92. The van der Waals surface area contributed by atoms with Gasteiger partial charge in [-0.15, -0.1) is 0 Å². The lowest BCUT2D eigenvalue weighted by atomic mass is 10.0. The van der Waals surface area contributed by atoms with E-state index in [-0.39, 0.29) is 6.10 Å². The molecule has 0 heterocycles. The Hall–Kier alpha value is -1.06. The van der Waals surface area contributed by atoms with Crippen molar-refractivity contribution in [1.29, 1.82) is 0 Å². The maximum atomic E-state index is 6.26. The highest BCUT2D eigenvalue weighted by Crippen LogP contribution is 2.32. The van der Waals surface area contributed by atoms with Crippen LogP contribution in [0.15, 0.2) is 48.5 Å². The number of halogens is 2. The van der Waals surface area contributed by atoms with Crippen molar-refractivity contribution in [2.24, 2.45) is 5.73 Å². The zero-order chi connectivity index (χ0) is 13.7. The fourth-order valence-corrected chi connectivity index (χ4v) is 2.40. The monoisotopic (exact) mass is 295 g/mol. The van der Waals surface area contributed by atoms with Crippen LogP contribution in [-0.2, 0) is 4.74 Å². The number of nitrogens with two attached hydrogens (primary N) is 1. The van der Waals surface area contributed by atoms with Crippen LogP contribution in [0.5, 0.6) is 0 Å². The maximum absolute atomic E-state index is 6.26. The van der Waals surface area contributed by atoms with Crippen LogP contribution in [-0.4, -0.2) is 13.2 Å². The average molecular weight is 296 g/mol. The first kappa shape index (κ1) is 14.4. The van der Waals surface area contributed by atoms with E-state index in [1.807, 2.05) is 42.5 Å². The van der Waals surface area contributed by atoms with Gasteiger partial charge in [0.1, 0.15) is 6.10 Å². The highest BCUT2D eigenvalue weighted by Gasteiger charge is 2.17. The van der Waals surface area contributed by atoms with Gasteiger partial charge in [0.2, 0.25) is 0 Å². The van der Waals surface area contributed by atoms with Crippen LogP contribution in [0.25, 0.3) is 0 Å². The van der Waals surface area contributed by atoms with Gasteiger partial charge in [0.15, 0.2) is 0 Å². The summed E-state index contributed by atoms with van der Waals surface area (Å²) in [6.45, 7) is 0.938. The summed E-state index contributed by atoms with van der Waals surface area (Å²) in [5.41, 5.74) is 7.45. The average Bonchev–Trinajstić information content (AvgIpc) is 2.42. The number of hydrogen-bond donors (Lipinski definition) is 1. The van der Waals surface area contributed by atoms with Crippen LogP contribution in [0.4, 0.5) is 0 Å². The summed E-state index contributed by atoms with van der Waals surface area (Å²) in [6, 6.07) is 15.3. The van der Waals surface area contributed by atoms with Gasteiger partial charge in [0, 0.05) is 22.2 Å². The van der Waals surface area contributed by atoms with Gasteiger partial charge < -0.3 is 10.5 Å². The molecule has 2 N–H and O–H groups in total. The molecule has 0 aliphatic heterocycles. The third-order valence-corrected chi connectivity index (χ3v) is 3.31. The van der Waals surface area contributed by atoms with E-state index >= 15 is 0 Å². The van der Waals surface area contributed by atoms with Gasteiger partial charge in [0.05, 0.1) is 6.61 Å². The molecule has 0 radical (unpaired) electrons. The summed E-state index contributed by atoms with van der Waals surface area (Å²) < 4.78 is 5.83. The molecule has 2 aromatic rings. The Bertz CT molecular complexity index is 531. The van der Waals surface area contributed by atoms with E-state index < -0.39 is 0 Å². The molecule has 0 amide bonds. The number of benzene rings is 2. The van der Waals surface area contributed by atoms with Crippen LogP contribution in [0.1, 0.15) is 17.2 Å². The van der Waals surface area contributed by atoms with Crippen molar-refractivity contribution >= 4 is 23.2 Å². The van der Waals surface area contributed by atoms with E-state index in [0.29, 0.717) is 23.2 Å². The number of hydrogen-bond acceptors (Lipinski definition) is 2. The summed E-state index contributed by atoms with van der Waals surface area (Å²) in [4.78, 5) is 0. The Morgan fingerprint density at radius 1 is 1.05 bits per heavy atom. The molecular weight excluding hydrogens is 281 g/mol. The molecule has 0 saturated heterocycles. The smallest absolute Gasteiger partial charge is 0.109 e. The molecule has 0 aliphatic carbocycles. The van der Waals surface area contributed by atoms with Gasteiger partial charge in [-0.3, -0.25) is 0 Å². The molecule has 0 fully saturated rings. The van der Waals surface area contributed by atoms with Crippen LogP contribution in [0, 0.1) is 0 Å². The lowest BCUT2D eigenvalue weighted by Crippen LogP contribution is -2.14. The summed E-state index contributed by atoms with van der Waals surface area (Å²) in [5, 5.41) is 1.21. The summed E-state index contributed by atoms with van der Waals surface area (Å²) in [6.07, 6.45) is -0.227. The number of ether oxygens (including phenoxy) is 1. The van der Waals surface area contributed by atoms with E-state index in [1.54, 1.807) is 6.07 Å². The van der Waals surface area contributed by atoms with Crippen molar-refractivity contribution in [1.82, 2.24) is 0 Å². The molecule has 2 aromatic carbocycles. The molecule has 0 aliphatic rings. The molecule has 2 rings (SSSR count). The first-order valence-electron chi connectivity index (χ1n) is 6.04. The lowest BCUT2D eigenvalue weighted by Gasteiger charge is -2.20. The largest absolute Gasteiger partial charge is 0.367 e. The van der Waals surface area contributed by atoms with Crippen molar-refractivity contribution in [2.75, 3.05) is 13.2 Å². The second-order valence-electron chi connectivity index (χ2n) is 4.12. The van der Waals surface area contributed by atoms with Gasteiger partial charge in [0.25, 0.3) is 0 Å². The summed E-state index contributed by atoms with van der Waals surface area (Å²) in [7, 11) is 0. The van der Waals surface area contributed by atoms with E-state index in [2.05, 4.69) is 0 Å². The predicted octanol–water partition coefficient (Wildman–Crippen LogP) is 4.06. The molecule has 0 bridgehead atoms. The maximum Gasteiger partial charge on any atom is 0.109 e. The minimum atomic E-state index is -0.227. The minimum Gasteiger partial charge on any atom is -0.367 e. The van der Waals surface area contributed by atoms with Crippen LogP contribution in [0.2, 0.25) is 10.0 Å². The van der Waals surface area contributed by atoms with E-state index in [0.717, 1.165) is 11.1 Å². The van der Waals surface area contributed by atoms with Gasteiger partial charge in [-0.05, 0) is 17.7 Å². The third kappa shape index (κ3) is 3.71. The Morgan fingerprint density at radius 3 is 2.42 bits per heavy atom. The predicted molar refractivity (Wildman–Crippen MR) is 79.8 cm³/mol. The third-order valence-electron chi connectivity index (χ3n) is 2.75. The van der Waals surface area contributed by atoms with E-state index in [9.17, 15) is 0 Å². The zero-order valence-corrected chi connectivity index (χ0v) is 11.9. The van der Waals surface area contributed by atoms with Crippen molar-refractivity contribution in [3.63, 3.8) is 0 Å². The molecule has 0 spiro atoms. The SMILES string of the molecule is NCCOC(c1ccccc1)c1ccc(Cl)cc1Cl. The van der Waals surface area contributed by atoms with Gasteiger partial charge in [-0.1, -0.05) is 59.6 Å². The Morgan fingerprint density at radius 2 is 1.79 bits per heavy atom. The van der Waals surface area contributed by atoms with E-state index in [1.165, 1.54) is 0 Å². The number of rotatable bonds is 5. The molecule has 1 atom stereocenters. The highest BCUT2D eigenvalue weighted by atomic mass is 35.5. The standard InChI is InChI=1S/C15H15Cl2NO/c16-12-6-7-13(14(17)10-12)15(19-9-8-18)11-4-2-1-3-5-11/h1-7,10,15H,8-9,18H2. The van der Waals surface area contributed by atoms with Crippen LogP contribution < -0.4 is 5.73 Å². The molecule has 1 unspecified atom stereocenters. The van der Waals surface area contributed by atoms with Crippen LogP contribution in [0.3, 0.4) is 0 Å². The molecular formula is C15H15Cl2NO. The molecule has 0 saturated carbocycles.